The molecule has 90 valence electrons. The summed E-state index contributed by atoms with van der Waals surface area (Å²) in [5.74, 6) is 0. The molecule has 2 N–H and O–H groups in total. The molecule has 1 atom stereocenters. The molecule has 17 heavy (non-hydrogen) atoms. The summed E-state index contributed by atoms with van der Waals surface area (Å²) in [6.07, 6.45) is 2.21. The van der Waals surface area contributed by atoms with Gasteiger partial charge in [0.2, 0.25) is 0 Å². The van der Waals surface area contributed by atoms with Crippen molar-refractivity contribution < 1.29 is 5.11 Å². The Kier molecular flexibility index (Phi) is 3.97. The van der Waals surface area contributed by atoms with E-state index >= 15 is 0 Å². The van der Waals surface area contributed by atoms with E-state index in [9.17, 15) is 5.11 Å². The van der Waals surface area contributed by atoms with Crippen LogP contribution < -0.4 is 5.32 Å². The first-order valence-corrected chi connectivity index (χ1v) is 6.46. The number of hydrogen-bond donors (Lipinski definition) is 2. The number of benzene rings is 1. The van der Waals surface area contributed by atoms with Gasteiger partial charge in [0.15, 0.2) is 0 Å². The molecule has 1 heterocycles. The zero-order valence-corrected chi connectivity index (χ0v) is 11.2. The van der Waals surface area contributed by atoms with Crippen molar-refractivity contribution in [2.75, 3.05) is 11.9 Å². The van der Waals surface area contributed by atoms with E-state index in [1.807, 2.05) is 31.2 Å². The third-order valence-corrected chi connectivity index (χ3v) is 3.11. The first kappa shape index (κ1) is 12.3. The molecule has 0 radical (unpaired) electrons. The first-order valence-electron chi connectivity index (χ1n) is 5.67. The number of aliphatic hydroxyl groups excluding tert-OH is 1. The lowest BCUT2D eigenvalue weighted by molar-refractivity contribution is 0.183. The number of para-hydroxylation sites is 1. The number of halogens is 1. The highest BCUT2D eigenvalue weighted by molar-refractivity contribution is 9.10. The van der Waals surface area contributed by atoms with Crippen LogP contribution in [0.2, 0.25) is 0 Å². The predicted molar refractivity (Wildman–Crippen MR) is 74.2 cm³/mol. The predicted octanol–water partition coefficient (Wildman–Crippen LogP) is 3.18. The third-order valence-electron chi connectivity index (χ3n) is 2.68. The van der Waals surface area contributed by atoms with Crippen LogP contribution in [0.5, 0.6) is 0 Å². The average molecular weight is 295 g/mol. The Balaban J connectivity index is 2.28. The summed E-state index contributed by atoms with van der Waals surface area (Å²) in [5.41, 5.74) is 1.89. The van der Waals surface area contributed by atoms with Crippen LogP contribution in [0, 0.1) is 0 Å². The molecule has 1 aromatic heterocycles. The summed E-state index contributed by atoms with van der Waals surface area (Å²) in [4.78, 5) is 4.39. The van der Waals surface area contributed by atoms with Gasteiger partial charge in [-0.1, -0.05) is 19.1 Å². The topological polar surface area (TPSA) is 45.1 Å². The number of hydrogen-bond acceptors (Lipinski definition) is 3. The standard InChI is InChI=1S/C13H15BrN2O/c1-2-11(17)8-15-12-5-3-4-9-6-10(14)7-16-13(9)12/h3-7,11,15,17H,2,8H2,1H3. The number of rotatable bonds is 4. The quantitative estimate of drug-likeness (QED) is 0.910. The second-order valence-corrected chi connectivity index (χ2v) is 4.89. The van der Waals surface area contributed by atoms with Gasteiger partial charge in [-0.2, -0.15) is 0 Å². The molecular weight excluding hydrogens is 280 g/mol. The van der Waals surface area contributed by atoms with Crippen LogP contribution in [0.1, 0.15) is 13.3 Å². The fourth-order valence-corrected chi connectivity index (χ4v) is 2.00. The minimum absolute atomic E-state index is 0.319. The van der Waals surface area contributed by atoms with Crippen molar-refractivity contribution in [1.82, 2.24) is 4.98 Å². The smallest absolute Gasteiger partial charge is 0.0934 e. The SMILES string of the molecule is CCC(O)CNc1cccc2cc(Br)cnc12. The Hall–Kier alpha value is -1.13. The Morgan fingerprint density at radius 2 is 2.29 bits per heavy atom. The molecule has 0 aliphatic carbocycles. The maximum absolute atomic E-state index is 9.55. The zero-order valence-electron chi connectivity index (χ0n) is 9.65. The van der Waals surface area contributed by atoms with E-state index in [0.29, 0.717) is 6.54 Å². The molecule has 0 fully saturated rings. The van der Waals surface area contributed by atoms with Gasteiger partial charge >= 0.3 is 0 Å². The molecule has 0 saturated carbocycles. The number of anilines is 1. The van der Waals surface area contributed by atoms with Crippen molar-refractivity contribution >= 4 is 32.5 Å². The second kappa shape index (κ2) is 5.47. The summed E-state index contributed by atoms with van der Waals surface area (Å²) >= 11 is 3.41. The van der Waals surface area contributed by atoms with E-state index in [1.54, 1.807) is 6.20 Å². The van der Waals surface area contributed by atoms with Crippen molar-refractivity contribution in [1.29, 1.82) is 0 Å². The summed E-state index contributed by atoms with van der Waals surface area (Å²) in [5, 5.41) is 13.9. The van der Waals surface area contributed by atoms with Gasteiger partial charge in [-0.3, -0.25) is 4.98 Å². The molecule has 2 aromatic rings. The lowest BCUT2D eigenvalue weighted by Crippen LogP contribution is -2.18. The highest BCUT2D eigenvalue weighted by atomic mass is 79.9. The molecule has 0 saturated heterocycles. The molecule has 3 nitrogen and oxygen atoms in total. The number of nitrogens with one attached hydrogen (secondary N) is 1. The van der Waals surface area contributed by atoms with E-state index in [2.05, 4.69) is 26.2 Å². The van der Waals surface area contributed by atoms with E-state index in [4.69, 9.17) is 0 Å². The molecule has 1 aromatic carbocycles. The number of pyridine rings is 1. The monoisotopic (exact) mass is 294 g/mol. The van der Waals surface area contributed by atoms with Crippen LogP contribution in [0.4, 0.5) is 5.69 Å². The summed E-state index contributed by atoms with van der Waals surface area (Å²) < 4.78 is 0.968. The maximum atomic E-state index is 9.55. The van der Waals surface area contributed by atoms with Crippen LogP contribution in [0.25, 0.3) is 10.9 Å². The van der Waals surface area contributed by atoms with Crippen LogP contribution in [0.3, 0.4) is 0 Å². The van der Waals surface area contributed by atoms with E-state index in [-0.39, 0.29) is 6.10 Å². The second-order valence-electron chi connectivity index (χ2n) is 3.97. The van der Waals surface area contributed by atoms with Gasteiger partial charge in [-0.15, -0.1) is 0 Å². The molecule has 0 spiro atoms. The van der Waals surface area contributed by atoms with Crippen molar-refractivity contribution in [3.63, 3.8) is 0 Å². The molecule has 0 amide bonds. The highest BCUT2D eigenvalue weighted by Crippen LogP contribution is 2.23. The Morgan fingerprint density at radius 3 is 3.06 bits per heavy atom. The highest BCUT2D eigenvalue weighted by Gasteiger charge is 2.04. The Morgan fingerprint density at radius 1 is 1.47 bits per heavy atom. The number of aromatic nitrogens is 1. The Labute approximate surface area is 109 Å². The van der Waals surface area contributed by atoms with Crippen molar-refractivity contribution in [3.8, 4) is 0 Å². The number of fused-ring (bicyclic) bond motifs is 1. The van der Waals surface area contributed by atoms with E-state index in [0.717, 1.165) is 27.5 Å². The van der Waals surface area contributed by atoms with Gasteiger partial charge < -0.3 is 10.4 Å². The normalized spacial score (nSPS) is 12.6. The first-order chi connectivity index (χ1) is 8.20. The van der Waals surface area contributed by atoms with Crippen LogP contribution in [0.15, 0.2) is 34.9 Å². The number of nitrogens with zero attached hydrogens (tertiary/aromatic N) is 1. The van der Waals surface area contributed by atoms with Crippen LogP contribution in [-0.2, 0) is 0 Å². The van der Waals surface area contributed by atoms with Gasteiger partial charge in [0.25, 0.3) is 0 Å². The summed E-state index contributed by atoms with van der Waals surface area (Å²) in [6.45, 7) is 2.51. The Bertz CT molecular complexity index is 516. The maximum Gasteiger partial charge on any atom is 0.0934 e. The van der Waals surface area contributed by atoms with Gasteiger partial charge in [0, 0.05) is 22.6 Å². The summed E-state index contributed by atoms with van der Waals surface area (Å²) in [6, 6.07) is 8.01. The molecule has 2 rings (SSSR count). The lowest BCUT2D eigenvalue weighted by atomic mass is 10.2. The molecule has 0 bridgehead atoms. The summed E-state index contributed by atoms with van der Waals surface area (Å²) in [7, 11) is 0. The molecule has 4 heteroatoms. The fourth-order valence-electron chi connectivity index (χ4n) is 1.65. The molecule has 0 aliphatic heterocycles. The minimum atomic E-state index is -0.319. The van der Waals surface area contributed by atoms with Gasteiger partial charge in [-0.05, 0) is 34.5 Å². The number of aliphatic hydroxyl groups is 1. The van der Waals surface area contributed by atoms with Crippen LogP contribution in [-0.4, -0.2) is 22.7 Å². The zero-order chi connectivity index (χ0) is 12.3. The van der Waals surface area contributed by atoms with Crippen molar-refractivity contribution in [2.45, 2.75) is 19.4 Å². The van der Waals surface area contributed by atoms with E-state index in [1.165, 1.54) is 0 Å². The molecular formula is C13H15BrN2O. The van der Waals surface area contributed by atoms with Gasteiger partial charge in [-0.25, -0.2) is 0 Å². The van der Waals surface area contributed by atoms with Crippen molar-refractivity contribution in [3.05, 3.63) is 34.9 Å². The van der Waals surface area contributed by atoms with E-state index < -0.39 is 0 Å². The molecule has 0 aliphatic rings. The average Bonchev–Trinajstić information content (AvgIpc) is 2.35. The van der Waals surface area contributed by atoms with Gasteiger partial charge in [0.05, 0.1) is 17.3 Å². The minimum Gasteiger partial charge on any atom is -0.391 e. The third kappa shape index (κ3) is 2.96. The largest absolute Gasteiger partial charge is 0.391 e. The van der Waals surface area contributed by atoms with Crippen molar-refractivity contribution in [2.24, 2.45) is 0 Å². The van der Waals surface area contributed by atoms with Gasteiger partial charge in [0.1, 0.15) is 0 Å². The lowest BCUT2D eigenvalue weighted by Gasteiger charge is -2.12. The molecule has 1 unspecified atom stereocenters. The fraction of sp³-hybridized carbons (Fsp3) is 0.308. The van der Waals surface area contributed by atoms with Crippen LogP contribution >= 0.6 is 15.9 Å².